The molecule has 0 unspecified atom stereocenters. The molecule has 2 aromatic carbocycles. The molecule has 1 fully saturated rings. The Morgan fingerprint density at radius 2 is 2.10 bits per heavy atom. The summed E-state index contributed by atoms with van der Waals surface area (Å²) in [4.78, 5) is 29.9. The van der Waals surface area contributed by atoms with Crippen molar-refractivity contribution in [2.75, 3.05) is 37.0 Å². The van der Waals surface area contributed by atoms with Gasteiger partial charge in [-0.2, -0.15) is 0 Å². The van der Waals surface area contributed by atoms with Gasteiger partial charge >= 0.3 is 6.03 Å². The van der Waals surface area contributed by atoms with E-state index in [4.69, 9.17) is 4.74 Å². The Kier molecular flexibility index (Phi) is 5.84. The maximum Gasteiger partial charge on any atom is 0.329 e. The first kappa shape index (κ1) is 21.1. The Hall–Kier alpha value is -3.10. The van der Waals surface area contributed by atoms with E-state index in [-0.39, 0.29) is 6.04 Å². The molecule has 2 aliphatic heterocycles. The summed E-state index contributed by atoms with van der Waals surface area (Å²) in [5.74, 6) is -0.128. The van der Waals surface area contributed by atoms with Crippen LogP contribution >= 0.6 is 0 Å². The minimum atomic E-state index is -2.21. The molecule has 0 aliphatic carbocycles. The van der Waals surface area contributed by atoms with Crippen LogP contribution in [0.4, 0.5) is 16.2 Å². The third kappa shape index (κ3) is 3.73. The van der Waals surface area contributed by atoms with E-state index in [2.05, 4.69) is 22.5 Å². The molecule has 0 aromatic heterocycles. The first-order valence-corrected chi connectivity index (χ1v) is 10.6. The van der Waals surface area contributed by atoms with Crippen molar-refractivity contribution in [3.05, 3.63) is 54.1 Å². The molecular weight excluding hydrogens is 396 g/mol. The number of benzene rings is 2. The average Bonchev–Trinajstić information content (AvgIpc) is 3.25. The Morgan fingerprint density at radius 3 is 2.87 bits per heavy atom. The molecule has 8 heteroatoms. The highest BCUT2D eigenvalue weighted by molar-refractivity contribution is 6.11. The Labute approximate surface area is 181 Å². The number of hydrogen-bond donors (Lipinski definition) is 3. The van der Waals surface area contributed by atoms with Gasteiger partial charge in [0.1, 0.15) is 5.75 Å². The lowest BCUT2D eigenvalue weighted by molar-refractivity contribution is -0.140. The number of nitrogens with zero attached hydrogens (tertiary/aromatic N) is 2. The Bertz CT molecular complexity index is 982. The summed E-state index contributed by atoms with van der Waals surface area (Å²) in [6.45, 7) is 4.42. The third-order valence-corrected chi connectivity index (χ3v) is 6.10. The number of carbonyl (C=O) groups excluding carboxylic acids is 2. The molecule has 2 atom stereocenters. The van der Waals surface area contributed by atoms with Crippen molar-refractivity contribution in [3.63, 3.8) is 0 Å². The van der Waals surface area contributed by atoms with Crippen LogP contribution in [0, 0.1) is 0 Å². The zero-order valence-electron chi connectivity index (χ0n) is 17.8. The van der Waals surface area contributed by atoms with Gasteiger partial charge in [0.05, 0.1) is 18.5 Å². The van der Waals surface area contributed by atoms with Crippen molar-refractivity contribution < 1.29 is 19.4 Å². The van der Waals surface area contributed by atoms with Gasteiger partial charge in [-0.3, -0.25) is 14.6 Å². The zero-order valence-corrected chi connectivity index (χ0v) is 17.8. The smallest absolute Gasteiger partial charge is 0.329 e. The lowest BCUT2D eigenvalue weighted by Crippen LogP contribution is -2.63. The number of para-hydroxylation sites is 1. The molecule has 0 bridgehead atoms. The summed E-state index contributed by atoms with van der Waals surface area (Å²) in [6.07, 6.45) is 2.07. The van der Waals surface area contributed by atoms with Crippen LogP contribution in [0.3, 0.4) is 0 Å². The summed E-state index contributed by atoms with van der Waals surface area (Å²) >= 11 is 0. The normalized spacial score (nSPS) is 23.3. The number of urea groups is 1. The average molecular weight is 425 g/mol. The van der Waals surface area contributed by atoms with Crippen LogP contribution in [0.2, 0.25) is 0 Å². The second kappa shape index (κ2) is 8.56. The van der Waals surface area contributed by atoms with E-state index in [1.54, 1.807) is 48.5 Å². The van der Waals surface area contributed by atoms with Crippen LogP contribution in [-0.4, -0.2) is 54.7 Å². The second-order valence-corrected chi connectivity index (χ2v) is 7.82. The number of carbonyl (C=O) groups is 2. The first-order chi connectivity index (χ1) is 15.0. The highest BCUT2D eigenvalue weighted by Crippen LogP contribution is 2.40. The van der Waals surface area contributed by atoms with Crippen LogP contribution in [0.15, 0.2) is 48.5 Å². The lowest BCUT2D eigenvalue weighted by Gasteiger charge is -2.43. The van der Waals surface area contributed by atoms with Crippen LogP contribution in [0.5, 0.6) is 5.75 Å². The van der Waals surface area contributed by atoms with Gasteiger partial charge in [0.2, 0.25) is 0 Å². The van der Waals surface area contributed by atoms with Gasteiger partial charge in [-0.05, 0) is 44.1 Å². The van der Waals surface area contributed by atoms with Gasteiger partial charge in [0, 0.05) is 24.2 Å². The number of fused-ring (bicyclic) bond motifs is 1. The van der Waals surface area contributed by atoms with Crippen LogP contribution < -0.4 is 20.3 Å². The van der Waals surface area contributed by atoms with Gasteiger partial charge in [0.25, 0.3) is 11.6 Å². The fraction of sp³-hybridized carbons (Fsp3) is 0.391. The Balaban J connectivity index is 1.71. The van der Waals surface area contributed by atoms with E-state index >= 15 is 0 Å². The number of ether oxygens (including phenoxy) is 1. The van der Waals surface area contributed by atoms with Crippen LogP contribution in [0.25, 0.3) is 0 Å². The fourth-order valence-electron chi connectivity index (χ4n) is 4.49. The molecule has 31 heavy (non-hydrogen) atoms. The number of nitrogens with one attached hydrogen (secondary N) is 2. The van der Waals surface area contributed by atoms with Gasteiger partial charge in [-0.25, -0.2) is 4.79 Å². The summed E-state index contributed by atoms with van der Waals surface area (Å²) in [6, 6.07) is 13.1. The number of aliphatic hydroxyl groups is 1. The van der Waals surface area contributed by atoms with Crippen molar-refractivity contribution in [1.29, 1.82) is 0 Å². The van der Waals surface area contributed by atoms with Crippen molar-refractivity contribution in [3.8, 4) is 5.75 Å². The predicted molar refractivity (Wildman–Crippen MR) is 118 cm³/mol. The molecule has 0 saturated carbocycles. The monoisotopic (exact) mass is 424 g/mol. The largest absolute Gasteiger partial charge is 0.497 e. The topological polar surface area (TPSA) is 94.1 Å². The summed E-state index contributed by atoms with van der Waals surface area (Å²) < 4.78 is 5.27. The number of likely N-dealkylation sites (tertiary alicyclic amines) is 1. The van der Waals surface area contributed by atoms with E-state index in [1.165, 1.54) is 7.11 Å². The predicted octanol–water partition coefficient (Wildman–Crippen LogP) is 2.49. The molecule has 2 aromatic rings. The van der Waals surface area contributed by atoms with Gasteiger partial charge in [-0.1, -0.05) is 31.2 Å². The molecule has 2 heterocycles. The molecule has 0 spiro atoms. The van der Waals surface area contributed by atoms with Crippen LogP contribution in [0.1, 0.15) is 25.3 Å². The summed E-state index contributed by atoms with van der Waals surface area (Å²) in [5.41, 5.74) is -1.14. The molecule has 1 saturated heterocycles. The molecule has 0 radical (unpaired) electrons. The van der Waals surface area contributed by atoms with Crippen molar-refractivity contribution >= 4 is 23.3 Å². The third-order valence-electron chi connectivity index (χ3n) is 6.10. The second-order valence-electron chi connectivity index (χ2n) is 7.82. The minimum absolute atomic E-state index is 0.218. The maximum absolute atomic E-state index is 13.5. The lowest BCUT2D eigenvalue weighted by atomic mass is 9.94. The first-order valence-electron chi connectivity index (χ1n) is 10.6. The number of anilines is 2. The van der Waals surface area contributed by atoms with E-state index < -0.39 is 17.7 Å². The number of likely N-dealkylation sites (N-methyl/N-ethyl adjacent to an activating group) is 1. The zero-order chi connectivity index (χ0) is 22.0. The van der Waals surface area contributed by atoms with Gasteiger partial charge < -0.3 is 20.5 Å². The standard InChI is InChI=1S/C23H28N4O4/c1-3-26-13-7-9-17(26)15-24-21(28)23(30)19-11-4-5-12-20(19)25-22(29)27(23)16-8-6-10-18(14-16)31-2/h4-6,8,10-12,14,17,30H,3,7,9,13,15H2,1-2H3,(H,24,28)(H,25,29)/t17-,23+/m1/s1. The quantitative estimate of drug-likeness (QED) is 0.662. The number of amides is 3. The van der Waals surface area contributed by atoms with Crippen LogP contribution in [-0.2, 0) is 10.5 Å². The minimum Gasteiger partial charge on any atom is -0.497 e. The van der Waals surface area contributed by atoms with E-state index in [0.717, 1.165) is 30.8 Å². The molecule has 8 nitrogen and oxygen atoms in total. The Morgan fingerprint density at radius 1 is 1.29 bits per heavy atom. The highest BCUT2D eigenvalue weighted by Gasteiger charge is 2.52. The van der Waals surface area contributed by atoms with Crippen molar-refractivity contribution in [1.82, 2.24) is 10.2 Å². The van der Waals surface area contributed by atoms with E-state index in [1.807, 2.05) is 0 Å². The maximum atomic E-state index is 13.5. The molecule has 3 N–H and O–H groups in total. The molecular formula is C23H28N4O4. The van der Waals surface area contributed by atoms with Gasteiger partial charge in [0.15, 0.2) is 0 Å². The number of methoxy groups -OCH3 is 1. The molecule has 2 aliphatic rings. The summed E-state index contributed by atoms with van der Waals surface area (Å²) in [5, 5.41) is 17.5. The highest BCUT2D eigenvalue weighted by atomic mass is 16.5. The van der Waals surface area contributed by atoms with Crippen molar-refractivity contribution in [2.24, 2.45) is 0 Å². The summed E-state index contributed by atoms with van der Waals surface area (Å²) in [7, 11) is 1.52. The molecule has 4 rings (SSSR count). The number of rotatable bonds is 6. The van der Waals surface area contributed by atoms with E-state index in [9.17, 15) is 14.7 Å². The SMILES string of the molecule is CCN1CCC[C@@H]1CNC(=O)[C@@]1(O)c2ccccc2NC(=O)N1c1cccc(OC)c1. The number of hydrogen-bond acceptors (Lipinski definition) is 5. The van der Waals surface area contributed by atoms with Crippen molar-refractivity contribution in [2.45, 2.75) is 31.5 Å². The van der Waals surface area contributed by atoms with Gasteiger partial charge in [-0.15, -0.1) is 0 Å². The molecule has 3 amide bonds. The van der Waals surface area contributed by atoms with E-state index in [0.29, 0.717) is 29.2 Å². The fourth-order valence-corrected chi connectivity index (χ4v) is 4.49. The molecule has 164 valence electrons.